The Balaban J connectivity index is 1.91. The Labute approximate surface area is 122 Å². The summed E-state index contributed by atoms with van der Waals surface area (Å²) in [5, 5.41) is 14.3. The molecule has 2 rings (SSSR count). The van der Waals surface area contributed by atoms with Crippen LogP contribution in [0, 0.1) is 5.92 Å². The van der Waals surface area contributed by atoms with Gasteiger partial charge in [0, 0.05) is 25.6 Å². The summed E-state index contributed by atoms with van der Waals surface area (Å²) in [6.07, 6.45) is 1.89. The van der Waals surface area contributed by atoms with E-state index >= 15 is 0 Å². The van der Waals surface area contributed by atoms with Gasteiger partial charge in [-0.25, -0.2) is 9.59 Å². The third-order valence-electron chi connectivity index (χ3n) is 3.99. The topological polar surface area (TPSA) is 108 Å². The molecule has 0 radical (unpaired) electrons. The predicted octanol–water partition coefficient (Wildman–Crippen LogP) is -0.604. The Morgan fingerprint density at radius 3 is 2.95 bits per heavy atom. The Hall–Kier alpha value is -1.83. The van der Waals surface area contributed by atoms with Gasteiger partial charge < -0.3 is 20.5 Å². The number of hydrogen-bond donors (Lipinski definition) is 3. The van der Waals surface area contributed by atoms with Gasteiger partial charge in [0.15, 0.2) is 0 Å². The highest BCUT2D eigenvalue weighted by Gasteiger charge is 2.36. The van der Waals surface area contributed by atoms with Crippen LogP contribution in [0.1, 0.15) is 19.8 Å². The van der Waals surface area contributed by atoms with Gasteiger partial charge in [-0.15, -0.1) is 0 Å². The Morgan fingerprint density at radius 2 is 2.29 bits per heavy atom. The van der Waals surface area contributed by atoms with E-state index in [4.69, 9.17) is 9.84 Å². The summed E-state index contributed by atoms with van der Waals surface area (Å²) in [6, 6.07) is -1.54. The molecule has 0 spiro atoms. The number of amides is 3. The lowest BCUT2D eigenvalue weighted by molar-refractivity contribution is -0.144. The van der Waals surface area contributed by atoms with Crippen molar-refractivity contribution in [2.45, 2.75) is 31.9 Å². The van der Waals surface area contributed by atoms with E-state index in [0.717, 1.165) is 17.7 Å². The van der Waals surface area contributed by atoms with E-state index in [2.05, 4.69) is 10.6 Å². The molecule has 0 aromatic rings. The molecule has 2 aliphatic heterocycles. The van der Waals surface area contributed by atoms with Gasteiger partial charge >= 0.3 is 12.0 Å². The van der Waals surface area contributed by atoms with Crippen molar-refractivity contribution < 1.29 is 24.2 Å². The molecular formula is C13H21N3O5. The first-order valence-electron chi connectivity index (χ1n) is 7.18. The summed E-state index contributed by atoms with van der Waals surface area (Å²) in [4.78, 5) is 35.7. The molecule has 8 heteroatoms. The summed E-state index contributed by atoms with van der Waals surface area (Å²) in [5.74, 6) is -1.24. The van der Waals surface area contributed by atoms with Crippen LogP contribution in [0.4, 0.5) is 4.79 Å². The van der Waals surface area contributed by atoms with Gasteiger partial charge in [-0.2, -0.15) is 0 Å². The fraction of sp³-hybridized carbons (Fsp3) is 0.769. The molecule has 0 aromatic heterocycles. The number of carbonyl (C=O) groups is 3. The number of carboxylic acids is 1. The van der Waals surface area contributed by atoms with E-state index in [9.17, 15) is 14.4 Å². The fourth-order valence-electron chi connectivity index (χ4n) is 2.77. The average Bonchev–Trinajstić information content (AvgIpc) is 2.91. The molecule has 2 aliphatic rings. The van der Waals surface area contributed by atoms with Crippen LogP contribution in [0.25, 0.3) is 0 Å². The molecular weight excluding hydrogens is 278 g/mol. The molecule has 0 aromatic carbocycles. The van der Waals surface area contributed by atoms with E-state index < -0.39 is 18.0 Å². The standard InChI is InChI=1S/C13H21N3O5/c1-2-10-8(3-4-21-10)5-15-13(20)16-7-11(17)14-6-9(16)12(18)19/h8-10H,2-7H2,1H3,(H,14,17)(H,15,20)(H,18,19). The van der Waals surface area contributed by atoms with Crippen LogP contribution >= 0.6 is 0 Å². The van der Waals surface area contributed by atoms with Crippen molar-refractivity contribution >= 4 is 17.9 Å². The number of ether oxygens (including phenoxy) is 1. The normalized spacial score (nSPS) is 29.1. The summed E-state index contributed by atoms with van der Waals surface area (Å²) in [7, 11) is 0. The van der Waals surface area contributed by atoms with Crippen molar-refractivity contribution in [3.8, 4) is 0 Å². The van der Waals surface area contributed by atoms with Crippen LogP contribution < -0.4 is 10.6 Å². The Kier molecular flexibility index (Phi) is 5.00. The van der Waals surface area contributed by atoms with Crippen LogP contribution in [-0.2, 0) is 14.3 Å². The maximum atomic E-state index is 12.1. The maximum Gasteiger partial charge on any atom is 0.328 e. The highest BCUT2D eigenvalue weighted by molar-refractivity contribution is 5.90. The first-order chi connectivity index (χ1) is 10.0. The number of carboxylic acid groups (broad SMARTS) is 1. The van der Waals surface area contributed by atoms with Crippen LogP contribution in [0.2, 0.25) is 0 Å². The van der Waals surface area contributed by atoms with Gasteiger partial charge in [0.1, 0.15) is 12.6 Å². The monoisotopic (exact) mass is 299 g/mol. The van der Waals surface area contributed by atoms with Crippen LogP contribution in [-0.4, -0.2) is 66.3 Å². The predicted molar refractivity (Wildman–Crippen MR) is 72.7 cm³/mol. The summed E-state index contributed by atoms with van der Waals surface area (Å²) >= 11 is 0. The van der Waals surface area contributed by atoms with Crippen molar-refractivity contribution in [2.24, 2.45) is 5.92 Å². The van der Waals surface area contributed by atoms with Crippen molar-refractivity contribution in [2.75, 3.05) is 26.2 Å². The van der Waals surface area contributed by atoms with Crippen molar-refractivity contribution in [1.82, 2.24) is 15.5 Å². The minimum absolute atomic E-state index is 0.0638. The molecule has 3 unspecified atom stereocenters. The number of rotatable bonds is 4. The molecule has 3 atom stereocenters. The quantitative estimate of drug-likeness (QED) is 0.642. The maximum absolute atomic E-state index is 12.1. The lowest BCUT2D eigenvalue weighted by atomic mass is 10.00. The SMILES string of the molecule is CCC1OCCC1CNC(=O)N1CC(=O)NCC1C(=O)O. The first-order valence-corrected chi connectivity index (χ1v) is 7.18. The van der Waals surface area contributed by atoms with Crippen LogP contribution in [0.3, 0.4) is 0 Å². The van der Waals surface area contributed by atoms with Crippen LogP contribution in [0.5, 0.6) is 0 Å². The highest BCUT2D eigenvalue weighted by Crippen LogP contribution is 2.22. The Bertz CT molecular complexity index is 428. The molecule has 2 heterocycles. The molecule has 118 valence electrons. The summed E-state index contributed by atoms with van der Waals surface area (Å²) < 4.78 is 5.55. The molecule has 2 fully saturated rings. The van der Waals surface area contributed by atoms with E-state index in [-0.39, 0.29) is 31.0 Å². The van der Waals surface area contributed by atoms with Gasteiger partial charge in [0.2, 0.25) is 5.91 Å². The van der Waals surface area contributed by atoms with Gasteiger partial charge in [0.25, 0.3) is 0 Å². The third kappa shape index (κ3) is 3.63. The zero-order chi connectivity index (χ0) is 15.4. The molecule has 0 bridgehead atoms. The number of nitrogens with zero attached hydrogens (tertiary/aromatic N) is 1. The lowest BCUT2D eigenvalue weighted by Crippen LogP contribution is -2.61. The third-order valence-corrected chi connectivity index (χ3v) is 3.99. The first kappa shape index (κ1) is 15.6. The van der Waals surface area contributed by atoms with E-state index in [1.165, 1.54) is 0 Å². The highest BCUT2D eigenvalue weighted by atomic mass is 16.5. The fourth-order valence-corrected chi connectivity index (χ4v) is 2.77. The van der Waals surface area contributed by atoms with E-state index in [1.54, 1.807) is 0 Å². The minimum Gasteiger partial charge on any atom is -0.480 e. The van der Waals surface area contributed by atoms with Crippen LogP contribution in [0.15, 0.2) is 0 Å². The van der Waals surface area contributed by atoms with Gasteiger partial charge in [-0.05, 0) is 12.8 Å². The summed E-state index contributed by atoms with van der Waals surface area (Å²) in [5.41, 5.74) is 0. The second kappa shape index (κ2) is 6.75. The number of hydrogen-bond acceptors (Lipinski definition) is 4. The molecule has 0 saturated carbocycles. The van der Waals surface area contributed by atoms with Gasteiger partial charge in [-0.1, -0.05) is 6.92 Å². The molecule has 2 saturated heterocycles. The van der Waals surface area contributed by atoms with Crippen molar-refractivity contribution in [1.29, 1.82) is 0 Å². The largest absolute Gasteiger partial charge is 0.480 e. The smallest absolute Gasteiger partial charge is 0.328 e. The van der Waals surface area contributed by atoms with Crippen molar-refractivity contribution in [3.63, 3.8) is 0 Å². The zero-order valence-electron chi connectivity index (χ0n) is 12.0. The number of nitrogens with one attached hydrogen (secondary N) is 2. The average molecular weight is 299 g/mol. The van der Waals surface area contributed by atoms with E-state index in [1.807, 2.05) is 6.92 Å². The summed E-state index contributed by atoms with van der Waals surface area (Å²) in [6.45, 7) is 2.85. The Morgan fingerprint density at radius 1 is 1.52 bits per heavy atom. The molecule has 0 aliphatic carbocycles. The van der Waals surface area contributed by atoms with E-state index in [0.29, 0.717) is 13.2 Å². The molecule has 3 amide bonds. The minimum atomic E-state index is -1.12. The number of urea groups is 1. The van der Waals surface area contributed by atoms with Gasteiger partial charge in [-0.3, -0.25) is 9.69 Å². The molecule has 8 nitrogen and oxygen atoms in total. The number of piperazine rings is 1. The lowest BCUT2D eigenvalue weighted by Gasteiger charge is -2.33. The second-order valence-electron chi connectivity index (χ2n) is 5.34. The molecule has 3 N–H and O–H groups in total. The molecule has 21 heavy (non-hydrogen) atoms. The number of aliphatic carboxylic acids is 1. The second-order valence-corrected chi connectivity index (χ2v) is 5.34. The number of carbonyl (C=O) groups excluding carboxylic acids is 2. The van der Waals surface area contributed by atoms with Gasteiger partial charge in [0.05, 0.1) is 6.10 Å². The zero-order valence-corrected chi connectivity index (χ0v) is 12.0. The van der Waals surface area contributed by atoms with Crippen molar-refractivity contribution in [3.05, 3.63) is 0 Å².